The van der Waals surface area contributed by atoms with E-state index in [9.17, 15) is 13.2 Å². The van der Waals surface area contributed by atoms with E-state index in [0.29, 0.717) is 5.92 Å². The first-order valence-corrected chi connectivity index (χ1v) is 13.1. The van der Waals surface area contributed by atoms with Gasteiger partial charge in [-0.25, -0.2) is 8.78 Å². The van der Waals surface area contributed by atoms with Crippen molar-refractivity contribution in [3.63, 3.8) is 0 Å². The van der Waals surface area contributed by atoms with Crippen LogP contribution in [0.5, 0.6) is 17.2 Å². The standard InChI is InChI=1S/C29H36F4O2/c1-2-19-3-5-20(6-4-19)7-8-21-9-11-22(12-10-21)27-25(30)17-18-26(28(27)31)34-23-13-15-24(16-14-23)35-29(32)33/h13-22,29H,2-12H2,1H3. The van der Waals surface area contributed by atoms with Crippen molar-refractivity contribution >= 4 is 0 Å². The molecule has 0 aliphatic heterocycles. The molecule has 0 saturated heterocycles. The molecule has 2 aliphatic carbocycles. The van der Waals surface area contributed by atoms with Crippen molar-refractivity contribution in [3.8, 4) is 17.2 Å². The van der Waals surface area contributed by atoms with Gasteiger partial charge in [-0.05, 0) is 85.8 Å². The molecule has 0 aromatic heterocycles. The maximum Gasteiger partial charge on any atom is 0.387 e. The third-order valence-corrected chi connectivity index (χ3v) is 8.15. The molecule has 192 valence electrons. The van der Waals surface area contributed by atoms with E-state index in [1.807, 2.05) is 0 Å². The lowest BCUT2D eigenvalue weighted by Gasteiger charge is -2.32. The van der Waals surface area contributed by atoms with Gasteiger partial charge in [-0.1, -0.05) is 51.9 Å². The summed E-state index contributed by atoms with van der Waals surface area (Å²) in [5.74, 6) is 1.25. The lowest BCUT2D eigenvalue weighted by Crippen LogP contribution is -2.18. The van der Waals surface area contributed by atoms with Gasteiger partial charge in [0.2, 0.25) is 0 Å². The fourth-order valence-electron chi connectivity index (χ4n) is 5.96. The lowest BCUT2D eigenvalue weighted by atomic mass is 9.74. The average molecular weight is 493 g/mol. The number of rotatable bonds is 9. The third-order valence-electron chi connectivity index (χ3n) is 8.15. The Morgan fingerprint density at radius 1 is 0.743 bits per heavy atom. The van der Waals surface area contributed by atoms with Crippen LogP contribution in [0.2, 0.25) is 0 Å². The van der Waals surface area contributed by atoms with E-state index < -0.39 is 18.2 Å². The maximum absolute atomic E-state index is 15.3. The first kappa shape index (κ1) is 25.8. The Hall–Kier alpha value is -2.24. The van der Waals surface area contributed by atoms with Crippen molar-refractivity contribution in [1.29, 1.82) is 0 Å². The first-order chi connectivity index (χ1) is 16.9. The predicted octanol–water partition coefficient (Wildman–Crippen LogP) is 9.63. The molecule has 0 amide bonds. The smallest absolute Gasteiger partial charge is 0.387 e. The van der Waals surface area contributed by atoms with Crippen LogP contribution in [0, 0.1) is 29.4 Å². The zero-order valence-corrected chi connectivity index (χ0v) is 20.5. The fraction of sp³-hybridized carbons (Fsp3) is 0.586. The van der Waals surface area contributed by atoms with Crippen LogP contribution in [-0.4, -0.2) is 6.61 Å². The van der Waals surface area contributed by atoms with Crippen molar-refractivity contribution in [1.82, 2.24) is 0 Å². The Morgan fingerprint density at radius 2 is 1.29 bits per heavy atom. The minimum absolute atomic E-state index is 0.0157. The molecule has 0 atom stereocenters. The highest BCUT2D eigenvalue weighted by Crippen LogP contribution is 2.43. The summed E-state index contributed by atoms with van der Waals surface area (Å²) in [6.07, 6.45) is 12.9. The van der Waals surface area contributed by atoms with Gasteiger partial charge in [0.15, 0.2) is 11.6 Å². The Labute approximate surface area is 206 Å². The quantitative estimate of drug-likeness (QED) is 0.324. The van der Waals surface area contributed by atoms with Crippen molar-refractivity contribution in [2.75, 3.05) is 0 Å². The Kier molecular flexibility index (Phi) is 8.96. The van der Waals surface area contributed by atoms with Crippen LogP contribution in [0.3, 0.4) is 0 Å². The van der Waals surface area contributed by atoms with Gasteiger partial charge in [0.25, 0.3) is 0 Å². The summed E-state index contributed by atoms with van der Waals surface area (Å²) in [7, 11) is 0. The Balaban J connectivity index is 1.32. The van der Waals surface area contributed by atoms with E-state index in [4.69, 9.17) is 4.74 Å². The molecular formula is C29H36F4O2. The number of benzene rings is 2. The average Bonchev–Trinajstić information content (AvgIpc) is 2.86. The van der Waals surface area contributed by atoms with Gasteiger partial charge in [-0.2, -0.15) is 8.78 Å². The minimum atomic E-state index is -2.92. The van der Waals surface area contributed by atoms with Crippen LogP contribution in [0.15, 0.2) is 36.4 Å². The first-order valence-electron chi connectivity index (χ1n) is 13.1. The number of alkyl halides is 2. The molecule has 2 aromatic carbocycles. The number of hydrogen-bond donors (Lipinski definition) is 0. The Morgan fingerprint density at radius 3 is 1.86 bits per heavy atom. The van der Waals surface area contributed by atoms with Crippen LogP contribution in [0.4, 0.5) is 17.6 Å². The zero-order chi connectivity index (χ0) is 24.8. The number of hydrogen-bond acceptors (Lipinski definition) is 2. The van der Waals surface area contributed by atoms with Gasteiger partial charge < -0.3 is 9.47 Å². The molecule has 2 fully saturated rings. The molecule has 0 spiro atoms. The number of ether oxygens (including phenoxy) is 2. The zero-order valence-electron chi connectivity index (χ0n) is 20.5. The van der Waals surface area contributed by atoms with E-state index in [1.54, 1.807) is 0 Å². The molecule has 0 heterocycles. The van der Waals surface area contributed by atoms with Gasteiger partial charge in [0.1, 0.15) is 17.3 Å². The molecule has 6 heteroatoms. The van der Waals surface area contributed by atoms with E-state index in [2.05, 4.69) is 11.7 Å². The summed E-state index contributed by atoms with van der Waals surface area (Å²) in [6.45, 7) is -0.627. The van der Waals surface area contributed by atoms with Crippen molar-refractivity contribution in [2.24, 2.45) is 17.8 Å². The second-order valence-corrected chi connectivity index (χ2v) is 10.3. The summed E-state index contributed by atoms with van der Waals surface area (Å²) in [5, 5.41) is 0. The summed E-state index contributed by atoms with van der Waals surface area (Å²) < 4.78 is 64.6. The van der Waals surface area contributed by atoms with Crippen LogP contribution < -0.4 is 9.47 Å². The molecule has 0 bridgehead atoms. The van der Waals surface area contributed by atoms with Crippen LogP contribution in [-0.2, 0) is 0 Å². The van der Waals surface area contributed by atoms with Crippen LogP contribution in [0.25, 0.3) is 0 Å². The van der Waals surface area contributed by atoms with Gasteiger partial charge in [-0.3, -0.25) is 0 Å². The van der Waals surface area contributed by atoms with E-state index >= 15 is 4.39 Å². The van der Waals surface area contributed by atoms with Gasteiger partial charge in [-0.15, -0.1) is 0 Å². The van der Waals surface area contributed by atoms with E-state index in [1.165, 1.54) is 81.3 Å². The molecule has 0 N–H and O–H groups in total. The Bertz CT molecular complexity index is 930. The van der Waals surface area contributed by atoms with E-state index in [-0.39, 0.29) is 28.7 Å². The molecule has 2 saturated carbocycles. The molecule has 0 radical (unpaired) electrons. The molecule has 2 aromatic rings. The molecule has 4 rings (SSSR count). The normalized spacial score (nSPS) is 25.0. The highest BCUT2D eigenvalue weighted by molar-refractivity contribution is 5.39. The summed E-state index contributed by atoms with van der Waals surface area (Å²) >= 11 is 0. The summed E-state index contributed by atoms with van der Waals surface area (Å²) in [5.41, 5.74) is 0.108. The number of halogens is 4. The fourth-order valence-corrected chi connectivity index (χ4v) is 5.96. The summed E-state index contributed by atoms with van der Waals surface area (Å²) in [4.78, 5) is 0. The monoisotopic (exact) mass is 492 g/mol. The van der Waals surface area contributed by atoms with Crippen LogP contribution >= 0.6 is 0 Å². The van der Waals surface area contributed by atoms with E-state index in [0.717, 1.165) is 37.5 Å². The second kappa shape index (κ2) is 12.1. The van der Waals surface area contributed by atoms with Crippen molar-refractivity contribution < 1.29 is 27.0 Å². The topological polar surface area (TPSA) is 18.5 Å². The van der Waals surface area contributed by atoms with Crippen molar-refractivity contribution in [3.05, 3.63) is 53.6 Å². The maximum atomic E-state index is 15.3. The highest BCUT2D eigenvalue weighted by Gasteiger charge is 2.29. The van der Waals surface area contributed by atoms with Crippen molar-refractivity contribution in [2.45, 2.75) is 90.1 Å². The molecule has 35 heavy (non-hydrogen) atoms. The highest BCUT2D eigenvalue weighted by atomic mass is 19.3. The minimum Gasteiger partial charge on any atom is -0.454 e. The van der Waals surface area contributed by atoms with Gasteiger partial charge >= 0.3 is 6.61 Å². The largest absolute Gasteiger partial charge is 0.454 e. The molecule has 0 unspecified atom stereocenters. The third kappa shape index (κ3) is 6.92. The molecule has 2 aliphatic rings. The molecular weight excluding hydrogens is 456 g/mol. The SMILES string of the molecule is CCC1CCC(CCC2CCC(c3c(F)ccc(Oc4ccc(OC(F)F)cc4)c3F)CC2)CC1. The second-order valence-electron chi connectivity index (χ2n) is 10.3. The lowest BCUT2D eigenvalue weighted by molar-refractivity contribution is -0.0498. The van der Waals surface area contributed by atoms with Gasteiger partial charge in [0.05, 0.1) is 0 Å². The summed E-state index contributed by atoms with van der Waals surface area (Å²) in [6, 6.07) is 8.00. The predicted molar refractivity (Wildman–Crippen MR) is 129 cm³/mol. The molecule has 2 nitrogen and oxygen atoms in total. The van der Waals surface area contributed by atoms with Crippen LogP contribution in [0.1, 0.15) is 89.0 Å². The van der Waals surface area contributed by atoms with Gasteiger partial charge in [0, 0.05) is 5.56 Å².